The number of hydrogen-bond acceptors (Lipinski definition) is 6. The number of nitrogen functional groups attached to an aromatic ring is 2. The number of nitrogens with zero attached hydrogens (tertiary/aromatic N) is 2. The molecular formula is C8H15N5S. The van der Waals surface area contributed by atoms with Gasteiger partial charge in [-0.2, -0.15) is 21.7 Å². The van der Waals surface area contributed by atoms with Crippen molar-refractivity contribution < 1.29 is 0 Å². The number of thioether (sulfide) groups is 1. The topological polar surface area (TPSA) is 89.8 Å². The molecule has 5 nitrogen and oxygen atoms in total. The van der Waals surface area contributed by atoms with E-state index in [0.717, 1.165) is 5.75 Å². The molecule has 0 aromatic carbocycles. The molecule has 0 radical (unpaired) electrons. The highest BCUT2D eigenvalue weighted by molar-refractivity contribution is 7.98. The van der Waals surface area contributed by atoms with Crippen LogP contribution in [0.2, 0.25) is 0 Å². The first-order valence-corrected chi connectivity index (χ1v) is 5.66. The molecule has 0 spiro atoms. The second-order valence-electron chi connectivity index (χ2n) is 3.04. The SMILES string of the molecule is CSCC(C)Nc1cc(N)nc(N)n1. The normalized spacial score (nSPS) is 12.4. The van der Waals surface area contributed by atoms with Gasteiger partial charge in [0.1, 0.15) is 11.6 Å². The fourth-order valence-electron chi connectivity index (χ4n) is 1.10. The largest absolute Gasteiger partial charge is 0.383 e. The summed E-state index contributed by atoms with van der Waals surface area (Å²) >= 11 is 1.77. The Balaban J connectivity index is 2.66. The van der Waals surface area contributed by atoms with E-state index >= 15 is 0 Å². The van der Waals surface area contributed by atoms with Crippen LogP contribution in [-0.4, -0.2) is 28.0 Å². The van der Waals surface area contributed by atoms with Gasteiger partial charge in [-0.25, -0.2) is 0 Å². The molecule has 1 aromatic heterocycles. The molecular weight excluding hydrogens is 198 g/mol. The lowest BCUT2D eigenvalue weighted by Crippen LogP contribution is -2.19. The Morgan fingerprint density at radius 2 is 2.21 bits per heavy atom. The fraction of sp³-hybridized carbons (Fsp3) is 0.500. The molecule has 6 heteroatoms. The zero-order chi connectivity index (χ0) is 10.6. The van der Waals surface area contributed by atoms with E-state index in [0.29, 0.717) is 17.7 Å². The maximum Gasteiger partial charge on any atom is 0.223 e. The molecule has 0 aliphatic carbocycles. The van der Waals surface area contributed by atoms with E-state index < -0.39 is 0 Å². The van der Waals surface area contributed by atoms with Crippen molar-refractivity contribution in [3.8, 4) is 0 Å². The predicted molar refractivity (Wildman–Crippen MR) is 62.3 cm³/mol. The van der Waals surface area contributed by atoms with Crippen LogP contribution in [0.25, 0.3) is 0 Å². The molecule has 1 aromatic rings. The van der Waals surface area contributed by atoms with E-state index in [2.05, 4.69) is 28.5 Å². The molecule has 0 fully saturated rings. The Morgan fingerprint density at radius 1 is 1.50 bits per heavy atom. The van der Waals surface area contributed by atoms with Gasteiger partial charge >= 0.3 is 0 Å². The molecule has 1 rings (SSSR count). The molecule has 1 heterocycles. The number of nitrogens with one attached hydrogen (secondary N) is 1. The summed E-state index contributed by atoms with van der Waals surface area (Å²) in [4.78, 5) is 7.81. The maximum atomic E-state index is 5.53. The van der Waals surface area contributed by atoms with Gasteiger partial charge in [0.05, 0.1) is 0 Å². The lowest BCUT2D eigenvalue weighted by Gasteiger charge is -2.13. The van der Waals surface area contributed by atoms with Crippen molar-refractivity contribution in [3.63, 3.8) is 0 Å². The van der Waals surface area contributed by atoms with E-state index in [-0.39, 0.29) is 5.95 Å². The molecule has 0 bridgehead atoms. The van der Waals surface area contributed by atoms with Gasteiger partial charge in [-0.05, 0) is 13.2 Å². The number of hydrogen-bond donors (Lipinski definition) is 3. The van der Waals surface area contributed by atoms with Crippen LogP contribution >= 0.6 is 11.8 Å². The third kappa shape index (κ3) is 3.29. The number of aromatic nitrogens is 2. The Hall–Kier alpha value is -1.17. The summed E-state index contributed by atoms with van der Waals surface area (Å²) in [5.74, 6) is 2.26. The quantitative estimate of drug-likeness (QED) is 0.685. The van der Waals surface area contributed by atoms with Crippen LogP contribution in [0.1, 0.15) is 6.92 Å². The second-order valence-corrected chi connectivity index (χ2v) is 3.95. The Bertz CT molecular complexity index is 284. The van der Waals surface area contributed by atoms with Crippen molar-refractivity contribution in [2.24, 2.45) is 0 Å². The van der Waals surface area contributed by atoms with Crippen molar-refractivity contribution in [2.75, 3.05) is 28.8 Å². The van der Waals surface area contributed by atoms with Crippen LogP contribution in [0.4, 0.5) is 17.6 Å². The van der Waals surface area contributed by atoms with E-state index in [4.69, 9.17) is 11.5 Å². The first-order valence-electron chi connectivity index (χ1n) is 4.27. The minimum atomic E-state index is 0.198. The minimum absolute atomic E-state index is 0.198. The maximum absolute atomic E-state index is 5.53. The highest BCUT2D eigenvalue weighted by Gasteiger charge is 2.03. The van der Waals surface area contributed by atoms with Crippen LogP contribution in [-0.2, 0) is 0 Å². The molecule has 0 saturated carbocycles. The molecule has 1 atom stereocenters. The second kappa shape index (κ2) is 4.90. The molecule has 0 aliphatic rings. The fourth-order valence-corrected chi connectivity index (χ4v) is 1.69. The van der Waals surface area contributed by atoms with Gasteiger partial charge in [0.2, 0.25) is 5.95 Å². The number of rotatable bonds is 4. The highest BCUT2D eigenvalue weighted by atomic mass is 32.2. The Labute approximate surface area is 87.7 Å². The summed E-state index contributed by atoms with van der Waals surface area (Å²) in [5, 5.41) is 3.19. The molecule has 14 heavy (non-hydrogen) atoms. The number of anilines is 3. The zero-order valence-electron chi connectivity index (χ0n) is 8.32. The van der Waals surface area contributed by atoms with Crippen LogP contribution < -0.4 is 16.8 Å². The van der Waals surface area contributed by atoms with Gasteiger partial charge < -0.3 is 16.8 Å². The molecule has 1 unspecified atom stereocenters. The van der Waals surface area contributed by atoms with E-state index in [9.17, 15) is 0 Å². The summed E-state index contributed by atoms with van der Waals surface area (Å²) in [7, 11) is 0. The van der Waals surface area contributed by atoms with Crippen LogP contribution in [0.3, 0.4) is 0 Å². The smallest absolute Gasteiger partial charge is 0.223 e. The zero-order valence-corrected chi connectivity index (χ0v) is 9.14. The Morgan fingerprint density at radius 3 is 2.79 bits per heavy atom. The van der Waals surface area contributed by atoms with Gasteiger partial charge in [-0.1, -0.05) is 0 Å². The van der Waals surface area contributed by atoms with E-state index in [1.165, 1.54) is 0 Å². The summed E-state index contributed by atoms with van der Waals surface area (Å²) in [6, 6.07) is 2.01. The molecule has 0 aliphatic heterocycles. The third-order valence-corrected chi connectivity index (χ3v) is 2.41. The standard InChI is InChI=1S/C8H15N5S/c1-5(4-14-2)11-7-3-6(9)12-8(10)13-7/h3,5H,4H2,1-2H3,(H5,9,10,11,12,13). The van der Waals surface area contributed by atoms with Gasteiger partial charge in [0, 0.05) is 17.9 Å². The summed E-state index contributed by atoms with van der Waals surface area (Å²) in [5.41, 5.74) is 11.0. The average Bonchev–Trinajstić information content (AvgIpc) is 2.01. The van der Waals surface area contributed by atoms with Crippen molar-refractivity contribution in [1.82, 2.24) is 9.97 Å². The van der Waals surface area contributed by atoms with Crippen molar-refractivity contribution in [3.05, 3.63) is 6.07 Å². The molecule has 78 valence electrons. The molecule has 0 amide bonds. The van der Waals surface area contributed by atoms with Gasteiger partial charge in [0.15, 0.2) is 0 Å². The average molecular weight is 213 g/mol. The summed E-state index contributed by atoms with van der Waals surface area (Å²) in [6.07, 6.45) is 2.06. The van der Waals surface area contributed by atoms with Crippen LogP contribution in [0.5, 0.6) is 0 Å². The summed E-state index contributed by atoms with van der Waals surface area (Å²) < 4.78 is 0. The lowest BCUT2D eigenvalue weighted by atomic mass is 10.4. The monoisotopic (exact) mass is 213 g/mol. The van der Waals surface area contributed by atoms with E-state index in [1.54, 1.807) is 17.8 Å². The minimum Gasteiger partial charge on any atom is -0.383 e. The van der Waals surface area contributed by atoms with Gasteiger partial charge in [0.25, 0.3) is 0 Å². The first kappa shape index (κ1) is 10.9. The Kier molecular flexibility index (Phi) is 3.82. The third-order valence-electron chi connectivity index (χ3n) is 1.57. The lowest BCUT2D eigenvalue weighted by molar-refractivity contribution is 0.902. The van der Waals surface area contributed by atoms with Gasteiger partial charge in [-0.3, -0.25) is 0 Å². The van der Waals surface area contributed by atoms with Crippen LogP contribution in [0.15, 0.2) is 6.07 Å². The van der Waals surface area contributed by atoms with Crippen molar-refractivity contribution in [1.29, 1.82) is 0 Å². The first-order chi connectivity index (χ1) is 6.61. The number of nitrogens with two attached hydrogens (primary N) is 2. The predicted octanol–water partition coefficient (Wildman–Crippen LogP) is 0.804. The highest BCUT2D eigenvalue weighted by Crippen LogP contribution is 2.11. The molecule has 5 N–H and O–H groups in total. The van der Waals surface area contributed by atoms with E-state index in [1.807, 2.05) is 0 Å². The van der Waals surface area contributed by atoms with Crippen molar-refractivity contribution >= 4 is 29.3 Å². The summed E-state index contributed by atoms with van der Waals surface area (Å²) in [6.45, 7) is 2.07. The molecule has 0 saturated heterocycles. The van der Waals surface area contributed by atoms with Gasteiger partial charge in [-0.15, -0.1) is 0 Å². The van der Waals surface area contributed by atoms with Crippen molar-refractivity contribution in [2.45, 2.75) is 13.0 Å². The van der Waals surface area contributed by atoms with Crippen LogP contribution in [0, 0.1) is 0 Å².